The fourth-order valence-electron chi connectivity index (χ4n) is 2.11. The molecule has 106 valence electrons. The van der Waals surface area contributed by atoms with Crippen LogP contribution in [0.4, 0.5) is 13.2 Å². The summed E-state index contributed by atoms with van der Waals surface area (Å²) in [6, 6.07) is 13.0. The minimum Gasteiger partial charge on any atom is -0.379 e. The van der Waals surface area contributed by atoms with Crippen molar-refractivity contribution in [1.82, 2.24) is 0 Å². The van der Waals surface area contributed by atoms with Crippen LogP contribution < -0.4 is 0 Å². The number of hydrogen-bond donors (Lipinski definition) is 1. The Bertz CT molecular complexity index is 583. The molecule has 0 aromatic heterocycles. The van der Waals surface area contributed by atoms with Gasteiger partial charge < -0.3 is 5.11 Å². The van der Waals surface area contributed by atoms with Crippen molar-refractivity contribution in [1.29, 1.82) is 0 Å². The number of hydrogen-bond acceptors (Lipinski definition) is 1. The van der Waals surface area contributed by atoms with Gasteiger partial charge in [-0.05, 0) is 11.6 Å². The van der Waals surface area contributed by atoms with Crippen molar-refractivity contribution in [2.45, 2.75) is 11.8 Å². The molecular formula is C15H12ClF3O. The Morgan fingerprint density at radius 3 is 1.85 bits per heavy atom. The van der Waals surface area contributed by atoms with Crippen LogP contribution in [0.15, 0.2) is 54.6 Å². The van der Waals surface area contributed by atoms with Crippen molar-refractivity contribution < 1.29 is 18.3 Å². The standard InChI is InChI=1S/C15H12ClF3O/c16-10-14(20,11-6-2-1-3-7-11)12-8-4-5-9-13(12)15(17,18)19/h1-9,20H,10H2. The SMILES string of the molecule is OC(CCl)(c1ccccc1)c1ccccc1C(F)(F)F. The maximum Gasteiger partial charge on any atom is 0.416 e. The fraction of sp³-hybridized carbons (Fsp3) is 0.200. The predicted octanol–water partition coefficient (Wildman–Crippen LogP) is 4.18. The first-order valence-electron chi connectivity index (χ1n) is 5.90. The molecule has 1 N–H and O–H groups in total. The van der Waals surface area contributed by atoms with E-state index >= 15 is 0 Å². The molecule has 2 aromatic rings. The smallest absolute Gasteiger partial charge is 0.379 e. The Hall–Kier alpha value is -1.52. The maximum absolute atomic E-state index is 13.1. The monoisotopic (exact) mass is 300 g/mol. The quantitative estimate of drug-likeness (QED) is 0.843. The lowest BCUT2D eigenvalue weighted by molar-refractivity contribution is -0.139. The molecule has 5 heteroatoms. The van der Waals surface area contributed by atoms with Crippen molar-refractivity contribution >= 4 is 11.6 Å². The number of rotatable bonds is 3. The summed E-state index contributed by atoms with van der Waals surface area (Å²) in [7, 11) is 0. The van der Waals surface area contributed by atoms with E-state index in [1.807, 2.05) is 0 Å². The van der Waals surface area contributed by atoms with E-state index in [1.54, 1.807) is 30.3 Å². The second-order valence-corrected chi connectivity index (χ2v) is 4.67. The summed E-state index contributed by atoms with van der Waals surface area (Å²) in [6.07, 6.45) is -4.55. The Labute approximate surface area is 119 Å². The molecule has 0 bridgehead atoms. The first kappa shape index (κ1) is 14.9. The van der Waals surface area contributed by atoms with E-state index in [4.69, 9.17) is 11.6 Å². The molecule has 0 radical (unpaired) electrons. The van der Waals surface area contributed by atoms with Crippen LogP contribution in [-0.4, -0.2) is 11.0 Å². The molecule has 2 rings (SSSR count). The molecule has 0 amide bonds. The van der Waals surface area contributed by atoms with Gasteiger partial charge in [-0.2, -0.15) is 13.2 Å². The number of alkyl halides is 4. The van der Waals surface area contributed by atoms with E-state index in [9.17, 15) is 18.3 Å². The minimum absolute atomic E-state index is 0.242. The summed E-state index contributed by atoms with van der Waals surface area (Å²) in [6.45, 7) is 0. The van der Waals surface area contributed by atoms with Gasteiger partial charge in [-0.1, -0.05) is 48.5 Å². The number of benzene rings is 2. The van der Waals surface area contributed by atoms with E-state index in [1.165, 1.54) is 18.2 Å². The molecule has 2 aromatic carbocycles. The van der Waals surface area contributed by atoms with Gasteiger partial charge in [0.1, 0.15) is 5.60 Å². The summed E-state index contributed by atoms with van der Waals surface area (Å²) in [4.78, 5) is 0. The third kappa shape index (κ3) is 2.67. The molecule has 0 saturated carbocycles. The maximum atomic E-state index is 13.1. The molecule has 20 heavy (non-hydrogen) atoms. The zero-order chi connectivity index (χ0) is 14.8. The summed E-state index contributed by atoms with van der Waals surface area (Å²) >= 11 is 5.78. The van der Waals surface area contributed by atoms with Crippen molar-refractivity contribution in [3.05, 3.63) is 71.3 Å². The lowest BCUT2D eigenvalue weighted by Gasteiger charge is -2.29. The van der Waals surface area contributed by atoms with Crippen LogP contribution in [0.25, 0.3) is 0 Å². The molecule has 0 aliphatic heterocycles. The summed E-state index contributed by atoms with van der Waals surface area (Å²) < 4.78 is 39.2. The van der Waals surface area contributed by atoms with E-state index in [-0.39, 0.29) is 11.4 Å². The topological polar surface area (TPSA) is 20.2 Å². The summed E-state index contributed by atoms with van der Waals surface area (Å²) in [5.74, 6) is -0.371. The highest BCUT2D eigenvalue weighted by Gasteiger charge is 2.41. The average Bonchev–Trinajstić information content (AvgIpc) is 2.46. The Morgan fingerprint density at radius 2 is 1.35 bits per heavy atom. The normalized spacial score (nSPS) is 14.8. The lowest BCUT2D eigenvalue weighted by atomic mass is 9.85. The zero-order valence-electron chi connectivity index (χ0n) is 10.4. The van der Waals surface area contributed by atoms with Gasteiger partial charge in [0.25, 0.3) is 0 Å². The average molecular weight is 301 g/mol. The Kier molecular flexibility index (Phi) is 4.06. The van der Waals surface area contributed by atoms with Gasteiger partial charge in [0.05, 0.1) is 11.4 Å². The van der Waals surface area contributed by atoms with E-state index in [0.717, 1.165) is 6.07 Å². The van der Waals surface area contributed by atoms with E-state index < -0.39 is 17.3 Å². The summed E-state index contributed by atoms with van der Waals surface area (Å²) in [5, 5.41) is 10.7. The second kappa shape index (κ2) is 5.46. The minimum atomic E-state index is -4.55. The third-order valence-corrected chi connectivity index (χ3v) is 3.51. The van der Waals surface area contributed by atoms with Crippen molar-refractivity contribution in [2.75, 3.05) is 5.88 Å². The molecular weight excluding hydrogens is 289 g/mol. The van der Waals surface area contributed by atoms with Gasteiger partial charge in [-0.25, -0.2) is 0 Å². The van der Waals surface area contributed by atoms with Crippen LogP contribution in [0, 0.1) is 0 Å². The van der Waals surface area contributed by atoms with E-state index in [0.29, 0.717) is 5.56 Å². The Balaban J connectivity index is 2.64. The number of halogens is 4. The largest absolute Gasteiger partial charge is 0.416 e. The van der Waals surface area contributed by atoms with Crippen molar-refractivity contribution in [3.8, 4) is 0 Å². The van der Waals surface area contributed by atoms with Gasteiger partial charge in [-0.3, -0.25) is 0 Å². The zero-order valence-corrected chi connectivity index (χ0v) is 11.1. The van der Waals surface area contributed by atoms with Gasteiger partial charge in [-0.15, -0.1) is 11.6 Å². The van der Waals surface area contributed by atoms with Gasteiger partial charge in [0, 0.05) is 5.56 Å². The number of aliphatic hydroxyl groups is 1. The highest BCUT2D eigenvalue weighted by Crippen LogP contribution is 2.40. The molecule has 0 saturated heterocycles. The van der Waals surface area contributed by atoms with Gasteiger partial charge in [0.15, 0.2) is 0 Å². The molecule has 0 fully saturated rings. The predicted molar refractivity (Wildman–Crippen MR) is 71.6 cm³/mol. The Morgan fingerprint density at radius 1 is 0.850 bits per heavy atom. The van der Waals surface area contributed by atoms with Crippen LogP contribution in [0.5, 0.6) is 0 Å². The highest BCUT2D eigenvalue weighted by molar-refractivity contribution is 6.18. The fourth-order valence-corrected chi connectivity index (χ4v) is 2.41. The summed E-state index contributed by atoms with van der Waals surface area (Å²) in [5.41, 5.74) is -2.68. The molecule has 1 atom stereocenters. The van der Waals surface area contributed by atoms with E-state index in [2.05, 4.69) is 0 Å². The van der Waals surface area contributed by atoms with Crippen LogP contribution in [-0.2, 0) is 11.8 Å². The highest BCUT2D eigenvalue weighted by atomic mass is 35.5. The van der Waals surface area contributed by atoms with Gasteiger partial charge >= 0.3 is 6.18 Å². The van der Waals surface area contributed by atoms with Crippen LogP contribution in [0.2, 0.25) is 0 Å². The second-order valence-electron chi connectivity index (χ2n) is 4.40. The molecule has 0 aliphatic carbocycles. The molecule has 0 spiro atoms. The molecule has 1 unspecified atom stereocenters. The molecule has 1 nitrogen and oxygen atoms in total. The van der Waals surface area contributed by atoms with Crippen LogP contribution in [0.3, 0.4) is 0 Å². The third-order valence-electron chi connectivity index (χ3n) is 3.12. The molecule has 0 aliphatic rings. The van der Waals surface area contributed by atoms with Crippen molar-refractivity contribution in [2.24, 2.45) is 0 Å². The van der Waals surface area contributed by atoms with Crippen LogP contribution >= 0.6 is 11.6 Å². The van der Waals surface area contributed by atoms with Crippen LogP contribution in [0.1, 0.15) is 16.7 Å². The lowest BCUT2D eigenvalue weighted by Crippen LogP contribution is -2.32. The first-order valence-corrected chi connectivity index (χ1v) is 6.43. The molecule has 0 heterocycles. The van der Waals surface area contributed by atoms with Gasteiger partial charge in [0.2, 0.25) is 0 Å². The van der Waals surface area contributed by atoms with Crippen molar-refractivity contribution in [3.63, 3.8) is 0 Å². The first-order chi connectivity index (χ1) is 9.39.